The molecule has 0 aliphatic rings. The summed E-state index contributed by atoms with van der Waals surface area (Å²) in [6.45, 7) is 0. The lowest BCUT2D eigenvalue weighted by atomic mass is 9.85. The van der Waals surface area contributed by atoms with E-state index in [0.717, 1.165) is 11.1 Å². The van der Waals surface area contributed by atoms with E-state index in [2.05, 4.69) is 15.9 Å². The van der Waals surface area contributed by atoms with Gasteiger partial charge in [0.1, 0.15) is 0 Å². The summed E-state index contributed by atoms with van der Waals surface area (Å²) in [6, 6.07) is 11.2. The molecular formula is C17H11ClN4. The highest BCUT2D eigenvalue weighted by Gasteiger charge is 2.35. The second kappa shape index (κ2) is 6.72. The largest absolute Gasteiger partial charge is 0.238 e. The summed E-state index contributed by atoms with van der Waals surface area (Å²) in [5.41, 5.74) is 0.270. The lowest BCUT2D eigenvalue weighted by molar-refractivity contribution is 0.599. The number of halogens is 1. The smallest absolute Gasteiger partial charge is 0.203 e. The highest BCUT2D eigenvalue weighted by atomic mass is 35.5. The van der Waals surface area contributed by atoms with Crippen molar-refractivity contribution in [3.05, 3.63) is 47.5 Å². The molecule has 4 nitrogen and oxygen atoms in total. The summed E-state index contributed by atoms with van der Waals surface area (Å²) < 4.78 is 0. The van der Waals surface area contributed by atoms with E-state index in [0.29, 0.717) is 11.4 Å². The van der Waals surface area contributed by atoms with E-state index >= 15 is 0 Å². The van der Waals surface area contributed by atoms with Gasteiger partial charge in [-0.3, -0.25) is 0 Å². The van der Waals surface area contributed by atoms with Gasteiger partial charge in [0.05, 0.1) is 12.1 Å². The lowest BCUT2D eigenvalue weighted by Crippen LogP contribution is -2.24. The normalized spacial score (nSPS) is 10.3. The zero-order valence-electron chi connectivity index (χ0n) is 11.6. The number of rotatable bonds is 4. The summed E-state index contributed by atoms with van der Waals surface area (Å²) in [4.78, 5) is 8.37. The first-order chi connectivity index (χ1) is 10.6. The first-order valence-corrected chi connectivity index (χ1v) is 6.87. The van der Waals surface area contributed by atoms with Gasteiger partial charge in [-0.05, 0) is 24.1 Å². The van der Waals surface area contributed by atoms with Crippen LogP contribution in [0.5, 0.6) is 0 Å². The minimum Gasteiger partial charge on any atom is -0.238 e. The first kappa shape index (κ1) is 15.5. The Morgan fingerprint density at radius 3 is 2.14 bits per heavy atom. The van der Waals surface area contributed by atoms with Gasteiger partial charge in [0.15, 0.2) is 5.82 Å². The van der Waals surface area contributed by atoms with E-state index in [-0.39, 0.29) is 12.2 Å². The second-order valence-corrected chi connectivity index (χ2v) is 5.07. The van der Waals surface area contributed by atoms with Gasteiger partial charge in [-0.15, -0.1) is 12.3 Å². The summed E-state index contributed by atoms with van der Waals surface area (Å²) in [6.07, 6.45) is 8.91. The molecule has 0 atom stereocenters. The Kier molecular flexibility index (Phi) is 4.74. The SMILES string of the molecule is C#CCCC(C#N)(C#N)c1ncc(-c2ccc(Cl)cc2)cn1. The zero-order chi connectivity index (χ0) is 16.0. The third-order valence-electron chi connectivity index (χ3n) is 3.24. The van der Waals surface area contributed by atoms with Crippen molar-refractivity contribution in [1.29, 1.82) is 10.5 Å². The van der Waals surface area contributed by atoms with Crippen molar-refractivity contribution < 1.29 is 0 Å². The minimum absolute atomic E-state index is 0.172. The van der Waals surface area contributed by atoms with Gasteiger partial charge in [-0.25, -0.2) is 9.97 Å². The van der Waals surface area contributed by atoms with Gasteiger partial charge in [0.2, 0.25) is 5.41 Å². The molecule has 0 saturated carbocycles. The number of benzene rings is 1. The van der Waals surface area contributed by atoms with Crippen molar-refractivity contribution in [3.63, 3.8) is 0 Å². The molecule has 0 amide bonds. The molecule has 2 rings (SSSR count). The van der Waals surface area contributed by atoms with E-state index < -0.39 is 5.41 Å². The molecule has 0 spiro atoms. The number of hydrogen-bond acceptors (Lipinski definition) is 4. The maximum Gasteiger partial charge on any atom is 0.203 e. The van der Waals surface area contributed by atoms with Crippen molar-refractivity contribution in [1.82, 2.24) is 9.97 Å². The maximum atomic E-state index is 9.34. The van der Waals surface area contributed by atoms with Crippen LogP contribution < -0.4 is 0 Å². The molecule has 2 aromatic rings. The summed E-state index contributed by atoms with van der Waals surface area (Å²) in [5.74, 6) is 2.61. The molecule has 0 N–H and O–H groups in total. The van der Waals surface area contributed by atoms with Gasteiger partial charge in [0, 0.05) is 29.4 Å². The van der Waals surface area contributed by atoms with E-state index in [4.69, 9.17) is 18.0 Å². The molecular weight excluding hydrogens is 296 g/mol. The van der Waals surface area contributed by atoms with Crippen LogP contribution in [0.25, 0.3) is 11.1 Å². The standard InChI is InChI=1S/C17H11ClN4/c1-2-3-8-17(11-19,12-20)16-21-9-14(10-22-16)13-4-6-15(18)7-5-13/h1,4-7,9-10H,3,8H2. The first-order valence-electron chi connectivity index (χ1n) is 6.49. The Morgan fingerprint density at radius 2 is 1.64 bits per heavy atom. The van der Waals surface area contributed by atoms with Crippen molar-refractivity contribution in [3.8, 4) is 35.6 Å². The van der Waals surface area contributed by atoms with Crippen molar-refractivity contribution >= 4 is 11.6 Å². The molecule has 22 heavy (non-hydrogen) atoms. The van der Waals surface area contributed by atoms with Crippen molar-refractivity contribution in [2.45, 2.75) is 18.3 Å². The second-order valence-electron chi connectivity index (χ2n) is 4.64. The van der Waals surface area contributed by atoms with E-state index in [1.807, 2.05) is 24.3 Å². The molecule has 1 aromatic heterocycles. The quantitative estimate of drug-likeness (QED) is 0.810. The van der Waals surface area contributed by atoms with Gasteiger partial charge in [-0.1, -0.05) is 23.7 Å². The number of aromatic nitrogens is 2. The van der Waals surface area contributed by atoms with E-state index in [1.54, 1.807) is 24.5 Å². The van der Waals surface area contributed by atoms with Crippen LogP contribution in [0.4, 0.5) is 0 Å². The Hall–Kier alpha value is -2.87. The summed E-state index contributed by atoms with van der Waals surface area (Å²) in [5, 5.41) is 19.3. The molecule has 1 heterocycles. The molecule has 0 fully saturated rings. The van der Waals surface area contributed by atoms with Crippen molar-refractivity contribution in [2.24, 2.45) is 0 Å². The Labute approximate surface area is 134 Å². The molecule has 5 heteroatoms. The third kappa shape index (κ3) is 3.07. The van der Waals surface area contributed by atoms with Crippen LogP contribution in [0.3, 0.4) is 0 Å². The molecule has 0 unspecified atom stereocenters. The Morgan fingerprint density at radius 1 is 1.05 bits per heavy atom. The fraction of sp³-hybridized carbons (Fsp3) is 0.176. The van der Waals surface area contributed by atoms with Crippen LogP contribution in [0.1, 0.15) is 18.7 Å². The van der Waals surface area contributed by atoms with Gasteiger partial charge < -0.3 is 0 Å². The summed E-state index contributed by atoms with van der Waals surface area (Å²) in [7, 11) is 0. The van der Waals surface area contributed by atoms with Crippen LogP contribution in [-0.2, 0) is 5.41 Å². The average Bonchev–Trinajstić information content (AvgIpc) is 2.58. The third-order valence-corrected chi connectivity index (χ3v) is 3.49. The number of terminal acetylenes is 1. The predicted octanol–water partition coefficient (Wildman–Crippen LogP) is 3.50. The molecule has 106 valence electrons. The topological polar surface area (TPSA) is 73.4 Å². The Bertz CT molecular complexity index is 760. The maximum absolute atomic E-state index is 9.34. The van der Waals surface area contributed by atoms with Crippen LogP contribution in [0, 0.1) is 35.0 Å². The van der Waals surface area contributed by atoms with Crippen LogP contribution >= 0.6 is 11.6 Å². The Balaban J connectivity index is 2.35. The van der Waals surface area contributed by atoms with Crippen molar-refractivity contribution in [2.75, 3.05) is 0 Å². The highest BCUT2D eigenvalue weighted by molar-refractivity contribution is 6.30. The minimum atomic E-state index is -1.41. The van der Waals surface area contributed by atoms with E-state index in [1.165, 1.54) is 0 Å². The van der Waals surface area contributed by atoms with Gasteiger partial charge in [-0.2, -0.15) is 10.5 Å². The summed E-state index contributed by atoms with van der Waals surface area (Å²) >= 11 is 5.85. The number of hydrogen-bond donors (Lipinski definition) is 0. The monoisotopic (exact) mass is 306 g/mol. The molecule has 0 aliphatic heterocycles. The number of nitrogens with zero attached hydrogens (tertiary/aromatic N) is 4. The predicted molar refractivity (Wildman–Crippen MR) is 83.4 cm³/mol. The van der Waals surface area contributed by atoms with E-state index in [9.17, 15) is 10.5 Å². The molecule has 0 saturated heterocycles. The van der Waals surface area contributed by atoms with Crippen LogP contribution in [0.2, 0.25) is 5.02 Å². The molecule has 0 radical (unpaired) electrons. The molecule has 0 bridgehead atoms. The zero-order valence-corrected chi connectivity index (χ0v) is 12.4. The van der Waals surface area contributed by atoms with Gasteiger partial charge in [0.25, 0.3) is 0 Å². The number of nitriles is 2. The fourth-order valence-electron chi connectivity index (χ4n) is 1.95. The highest BCUT2D eigenvalue weighted by Crippen LogP contribution is 2.27. The molecule has 1 aromatic carbocycles. The fourth-order valence-corrected chi connectivity index (χ4v) is 2.07. The molecule has 0 aliphatic carbocycles. The van der Waals surface area contributed by atoms with Crippen LogP contribution in [-0.4, -0.2) is 9.97 Å². The van der Waals surface area contributed by atoms with Crippen LogP contribution in [0.15, 0.2) is 36.7 Å². The average molecular weight is 307 g/mol. The van der Waals surface area contributed by atoms with Gasteiger partial charge >= 0.3 is 0 Å². The lowest BCUT2D eigenvalue weighted by Gasteiger charge is -2.15.